The van der Waals surface area contributed by atoms with Gasteiger partial charge in [0, 0.05) is 12.0 Å². The van der Waals surface area contributed by atoms with Crippen molar-refractivity contribution in [1.82, 2.24) is 0 Å². The van der Waals surface area contributed by atoms with Crippen molar-refractivity contribution in [3.05, 3.63) is 29.8 Å². The minimum atomic E-state index is -0.865. The molecule has 0 aromatic heterocycles. The maximum atomic E-state index is 12.6. The summed E-state index contributed by atoms with van der Waals surface area (Å²) in [6.07, 6.45) is 2.01. The highest BCUT2D eigenvalue weighted by Crippen LogP contribution is 2.48. The number of carbonyl (C=O) groups excluding carboxylic acids is 1. The molecule has 25 heavy (non-hydrogen) atoms. The molecule has 0 aliphatic carbocycles. The Balaban J connectivity index is 2.53. The van der Waals surface area contributed by atoms with Crippen molar-refractivity contribution >= 4 is 5.97 Å². The van der Waals surface area contributed by atoms with Crippen molar-refractivity contribution < 1.29 is 19.0 Å². The van der Waals surface area contributed by atoms with Gasteiger partial charge >= 0.3 is 5.97 Å². The number of esters is 1. The van der Waals surface area contributed by atoms with Gasteiger partial charge in [-0.15, -0.1) is 0 Å². The molecule has 1 aromatic carbocycles. The molecule has 3 atom stereocenters. The van der Waals surface area contributed by atoms with Crippen LogP contribution in [-0.2, 0) is 19.7 Å². The second-order valence-electron chi connectivity index (χ2n) is 6.78. The van der Waals surface area contributed by atoms with E-state index in [1.807, 2.05) is 31.2 Å². The molecule has 0 N–H and O–H groups in total. The Bertz CT molecular complexity index is 636. The average Bonchev–Trinajstić information content (AvgIpc) is 2.62. The predicted molar refractivity (Wildman–Crippen MR) is 94.3 cm³/mol. The Morgan fingerprint density at radius 3 is 2.56 bits per heavy atom. The number of nitrogens with zero attached hydrogens (tertiary/aromatic N) is 1. The fourth-order valence-electron chi connectivity index (χ4n) is 3.72. The summed E-state index contributed by atoms with van der Waals surface area (Å²) in [5, 5.41) is 9.83. The lowest BCUT2D eigenvalue weighted by Crippen LogP contribution is -2.51. The van der Waals surface area contributed by atoms with E-state index in [-0.39, 0.29) is 12.2 Å². The molecule has 0 spiro atoms. The molecule has 1 aromatic rings. The molecular weight excluding hydrogens is 318 g/mol. The van der Waals surface area contributed by atoms with Crippen LogP contribution in [0.4, 0.5) is 0 Å². The molecule has 1 aliphatic heterocycles. The van der Waals surface area contributed by atoms with Crippen molar-refractivity contribution in [1.29, 1.82) is 5.26 Å². The van der Waals surface area contributed by atoms with Gasteiger partial charge in [0.25, 0.3) is 0 Å². The van der Waals surface area contributed by atoms with Crippen LogP contribution in [0.1, 0.15) is 45.6 Å². The molecule has 0 bridgehead atoms. The summed E-state index contributed by atoms with van der Waals surface area (Å²) in [6.45, 7) is 6.64. The highest BCUT2D eigenvalue weighted by atomic mass is 16.5. The summed E-state index contributed by atoms with van der Waals surface area (Å²) in [4.78, 5) is 12.6. The van der Waals surface area contributed by atoms with Gasteiger partial charge in [0.2, 0.25) is 0 Å². The van der Waals surface area contributed by atoms with Gasteiger partial charge < -0.3 is 14.2 Å². The van der Waals surface area contributed by atoms with Crippen LogP contribution in [0.3, 0.4) is 0 Å². The van der Waals surface area contributed by atoms with Crippen LogP contribution < -0.4 is 4.74 Å². The van der Waals surface area contributed by atoms with Gasteiger partial charge in [0.1, 0.15) is 5.75 Å². The van der Waals surface area contributed by atoms with Crippen LogP contribution >= 0.6 is 0 Å². The highest BCUT2D eigenvalue weighted by molar-refractivity contribution is 5.77. The van der Waals surface area contributed by atoms with Crippen LogP contribution in [-0.4, -0.2) is 31.9 Å². The normalized spacial score (nSPS) is 27.2. The molecule has 2 rings (SSSR count). The predicted octanol–water partition coefficient (Wildman–Crippen LogP) is 3.61. The van der Waals surface area contributed by atoms with E-state index in [2.05, 4.69) is 13.0 Å². The maximum absolute atomic E-state index is 12.6. The second-order valence-corrected chi connectivity index (χ2v) is 6.78. The molecule has 0 amide bonds. The first-order chi connectivity index (χ1) is 11.9. The maximum Gasteiger partial charge on any atom is 0.324 e. The number of nitriles is 1. The number of rotatable bonds is 6. The molecule has 5 heteroatoms. The van der Waals surface area contributed by atoms with Crippen LogP contribution in [0.5, 0.6) is 5.75 Å². The standard InChI is InChI=1S/C20H27NO4/c1-5-19(3)14-20(11-12-25-19,17(13-21)18(22)24-6-2)15-7-9-16(23-4)10-8-15/h7-10,17H,5-6,11-12,14H2,1-4H3. The van der Waals surface area contributed by atoms with Gasteiger partial charge in [-0.3, -0.25) is 4.79 Å². The van der Waals surface area contributed by atoms with Crippen molar-refractivity contribution in [3.8, 4) is 11.8 Å². The van der Waals surface area contributed by atoms with E-state index in [1.165, 1.54) is 0 Å². The summed E-state index contributed by atoms with van der Waals surface area (Å²) in [6, 6.07) is 9.86. The number of ether oxygens (including phenoxy) is 3. The van der Waals surface area contributed by atoms with Crippen LogP contribution in [0, 0.1) is 17.2 Å². The third-order valence-electron chi connectivity index (χ3n) is 5.30. The Kier molecular flexibility index (Phi) is 6.07. The van der Waals surface area contributed by atoms with Gasteiger partial charge in [0.15, 0.2) is 5.92 Å². The largest absolute Gasteiger partial charge is 0.497 e. The Morgan fingerprint density at radius 1 is 1.36 bits per heavy atom. The number of hydrogen-bond donors (Lipinski definition) is 0. The molecule has 1 saturated heterocycles. The Labute approximate surface area is 149 Å². The molecule has 136 valence electrons. The number of benzene rings is 1. The van der Waals surface area contributed by atoms with Crippen molar-refractivity contribution in [3.63, 3.8) is 0 Å². The first kappa shape index (κ1) is 19.3. The lowest BCUT2D eigenvalue weighted by Gasteiger charge is -2.47. The third-order valence-corrected chi connectivity index (χ3v) is 5.30. The molecule has 0 radical (unpaired) electrons. The van der Waals surface area contributed by atoms with Crippen LogP contribution in [0.2, 0.25) is 0 Å². The van der Waals surface area contributed by atoms with Gasteiger partial charge in [0.05, 0.1) is 25.4 Å². The van der Waals surface area contributed by atoms with Gasteiger partial charge in [-0.2, -0.15) is 5.26 Å². The zero-order valence-corrected chi connectivity index (χ0v) is 15.5. The monoisotopic (exact) mass is 345 g/mol. The van der Waals surface area contributed by atoms with Gasteiger partial charge in [-0.05, 0) is 50.8 Å². The number of methoxy groups -OCH3 is 1. The molecule has 5 nitrogen and oxygen atoms in total. The van der Waals surface area contributed by atoms with Crippen LogP contribution in [0.15, 0.2) is 24.3 Å². The fourth-order valence-corrected chi connectivity index (χ4v) is 3.72. The summed E-state index contributed by atoms with van der Waals surface area (Å²) in [5.41, 5.74) is -0.0494. The first-order valence-corrected chi connectivity index (χ1v) is 8.79. The SMILES string of the molecule is CCOC(=O)C(C#N)C1(c2ccc(OC)cc2)CCOC(C)(CC)C1. The average molecular weight is 345 g/mol. The van der Waals surface area contributed by atoms with Gasteiger partial charge in [-0.25, -0.2) is 0 Å². The third kappa shape index (κ3) is 3.80. The second kappa shape index (κ2) is 7.88. The molecule has 3 unspecified atom stereocenters. The summed E-state index contributed by atoms with van der Waals surface area (Å²) >= 11 is 0. The van der Waals surface area contributed by atoms with E-state index in [9.17, 15) is 10.1 Å². The zero-order valence-electron chi connectivity index (χ0n) is 15.5. The quantitative estimate of drug-likeness (QED) is 0.737. The minimum absolute atomic E-state index is 0.261. The smallest absolute Gasteiger partial charge is 0.324 e. The number of hydrogen-bond acceptors (Lipinski definition) is 5. The lowest BCUT2D eigenvalue weighted by atomic mass is 9.61. The Hall–Kier alpha value is -2.06. The van der Waals surface area contributed by atoms with E-state index in [0.717, 1.165) is 17.7 Å². The molecule has 0 saturated carbocycles. The molecule has 1 heterocycles. The van der Waals surface area contributed by atoms with Crippen molar-refractivity contribution in [2.75, 3.05) is 20.3 Å². The van der Waals surface area contributed by atoms with Crippen molar-refractivity contribution in [2.24, 2.45) is 5.92 Å². The first-order valence-electron chi connectivity index (χ1n) is 8.79. The molecule has 1 fully saturated rings. The van der Waals surface area contributed by atoms with Crippen molar-refractivity contribution in [2.45, 2.75) is 51.0 Å². The van der Waals surface area contributed by atoms with E-state index in [4.69, 9.17) is 14.2 Å². The topological polar surface area (TPSA) is 68.6 Å². The fraction of sp³-hybridized carbons (Fsp3) is 0.600. The minimum Gasteiger partial charge on any atom is -0.497 e. The highest BCUT2D eigenvalue weighted by Gasteiger charge is 2.51. The lowest BCUT2D eigenvalue weighted by molar-refractivity contribution is -0.154. The summed E-state index contributed by atoms with van der Waals surface area (Å²) < 4.78 is 16.4. The molecule has 1 aliphatic rings. The van der Waals surface area contributed by atoms with E-state index >= 15 is 0 Å². The Morgan fingerprint density at radius 2 is 2.04 bits per heavy atom. The van der Waals surface area contributed by atoms with E-state index < -0.39 is 17.3 Å². The molecular formula is C20H27NO4. The summed E-state index contributed by atoms with van der Waals surface area (Å²) in [7, 11) is 1.62. The summed E-state index contributed by atoms with van der Waals surface area (Å²) in [5.74, 6) is -0.578. The van der Waals surface area contributed by atoms with Crippen LogP contribution in [0.25, 0.3) is 0 Å². The number of carbonyl (C=O) groups is 1. The van der Waals surface area contributed by atoms with Gasteiger partial charge in [-0.1, -0.05) is 19.1 Å². The van der Waals surface area contributed by atoms with E-state index in [1.54, 1.807) is 14.0 Å². The zero-order chi connectivity index (χ0) is 18.5. The van der Waals surface area contributed by atoms with E-state index in [0.29, 0.717) is 19.4 Å².